The largest absolute Gasteiger partial charge is 0.309 e. The molecule has 0 radical (unpaired) electrons. The quantitative estimate of drug-likeness (QED) is 0.166. The van der Waals surface area contributed by atoms with E-state index >= 15 is 0 Å². The molecule has 0 aliphatic carbocycles. The molecule has 2 heterocycles. The van der Waals surface area contributed by atoms with Gasteiger partial charge < -0.3 is 9.13 Å². The zero-order chi connectivity index (χ0) is 34.2. The Morgan fingerprint density at radius 3 is 1.50 bits per heavy atom. The van der Waals surface area contributed by atoms with E-state index in [1.165, 1.54) is 93.1 Å². The molecule has 0 spiro atoms. The summed E-state index contributed by atoms with van der Waals surface area (Å²) in [5, 5.41) is 10.2. The molecule has 9 aromatic carbocycles. The van der Waals surface area contributed by atoms with Gasteiger partial charge in [-0.05, 0) is 104 Å². The standard InChI is InChI=1S/C50H32N2/c1-2-11-39(12-3-1)51-48-17-9-7-15-44(48)46-31-36(24-29-49(46)51)37-23-28-45-43-14-6-8-16-47(43)52(50(45)32-37)40-25-20-33(21-26-40)35-22-27-42-38(30-35)19-18-34-10-4-5-13-41(34)42/h1-32H. The molecule has 2 aromatic heterocycles. The van der Waals surface area contributed by atoms with Crippen molar-refractivity contribution in [2.24, 2.45) is 0 Å². The van der Waals surface area contributed by atoms with E-state index in [1.54, 1.807) is 0 Å². The molecule has 0 saturated heterocycles. The fraction of sp³-hybridized carbons (Fsp3) is 0. The number of benzene rings is 9. The zero-order valence-corrected chi connectivity index (χ0v) is 28.4. The molecular formula is C50H32N2. The van der Waals surface area contributed by atoms with Gasteiger partial charge in [0.1, 0.15) is 0 Å². The van der Waals surface area contributed by atoms with E-state index in [4.69, 9.17) is 0 Å². The minimum Gasteiger partial charge on any atom is -0.309 e. The highest BCUT2D eigenvalue weighted by atomic mass is 15.0. The van der Waals surface area contributed by atoms with Crippen LogP contribution in [0.25, 0.3) is 98.8 Å². The summed E-state index contributed by atoms with van der Waals surface area (Å²) in [6, 6.07) is 71.0. The normalized spacial score (nSPS) is 11.8. The van der Waals surface area contributed by atoms with E-state index in [0.29, 0.717) is 0 Å². The van der Waals surface area contributed by atoms with Crippen LogP contribution >= 0.6 is 0 Å². The minimum absolute atomic E-state index is 1.15. The molecule has 0 unspecified atom stereocenters. The molecule has 0 aliphatic rings. The van der Waals surface area contributed by atoms with Gasteiger partial charge in [0.05, 0.1) is 22.1 Å². The summed E-state index contributed by atoms with van der Waals surface area (Å²) in [7, 11) is 0. The lowest BCUT2D eigenvalue weighted by Gasteiger charge is -2.11. The summed E-state index contributed by atoms with van der Waals surface area (Å²) in [6.45, 7) is 0. The highest BCUT2D eigenvalue weighted by Crippen LogP contribution is 2.39. The average molecular weight is 661 g/mol. The maximum Gasteiger partial charge on any atom is 0.0547 e. The van der Waals surface area contributed by atoms with Crippen LogP contribution in [0.2, 0.25) is 0 Å². The molecule has 11 aromatic rings. The number of para-hydroxylation sites is 3. The van der Waals surface area contributed by atoms with Crippen molar-refractivity contribution in [3.63, 3.8) is 0 Å². The van der Waals surface area contributed by atoms with E-state index in [1.807, 2.05) is 0 Å². The van der Waals surface area contributed by atoms with E-state index in [9.17, 15) is 0 Å². The summed E-state index contributed by atoms with van der Waals surface area (Å²) >= 11 is 0. The zero-order valence-electron chi connectivity index (χ0n) is 28.4. The minimum atomic E-state index is 1.15. The monoisotopic (exact) mass is 660 g/mol. The van der Waals surface area contributed by atoms with Gasteiger partial charge in [0.2, 0.25) is 0 Å². The van der Waals surface area contributed by atoms with Gasteiger partial charge in [0.15, 0.2) is 0 Å². The van der Waals surface area contributed by atoms with Crippen molar-refractivity contribution in [1.82, 2.24) is 9.13 Å². The molecule has 0 amide bonds. The number of hydrogen-bond acceptors (Lipinski definition) is 0. The predicted octanol–water partition coefficient (Wildman–Crippen LogP) is 13.5. The highest BCUT2D eigenvalue weighted by Gasteiger charge is 2.16. The van der Waals surface area contributed by atoms with Crippen molar-refractivity contribution in [3.05, 3.63) is 194 Å². The summed E-state index contributed by atoms with van der Waals surface area (Å²) in [4.78, 5) is 0. The molecule has 0 saturated carbocycles. The highest BCUT2D eigenvalue weighted by molar-refractivity contribution is 6.13. The van der Waals surface area contributed by atoms with Crippen molar-refractivity contribution in [1.29, 1.82) is 0 Å². The van der Waals surface area contributed by atoms with Crippen molar-refractivity contribution >= 4 is 65.2 Å². The fourth-order valence-corrected chi connectivity index (χ4v) is 8.43. The number of nitrogens with zero attached hydrogens (tertiary/aromatic N) is 2. The van der Waals surface area contributed by atoms with Crippen LogP contribution in [-0.2, 0) is 0 Å². The molecule has 52 heavy (non-hydrogen) atoms. The molecule has 0 atom stereocenters. The maximum atomic E-state index is 2.42. The van der Waals surface area contributed by atoms with E-state index in [0.717, 1.165) is 5.69 Å². The topological polar surface area (TPSA) is 9.86 Å². The van der Waals surface area contributed by atoms with Crippen LogP contribution < -0.4 is 0 Å². The molecule has 0 aliphatic heterocycles. The molecule has 2 nitrogen and oxygen atoms in total. The van der Waals surface area contributed by atoms with Crippen molar-refractivity contribution in [2.75, 3.05) is 0 Å². The van der Waals surface area contributed by atoms with E-state index < -0.39 is 0 Å². The Morgan fingerprint density at radius 2 is 0.712 bits per heavy atom. The van der Waals surface area contributed by atoms with Gasteiger partial charge in [-0.2, -0.15) is 0 Å². The van der Waals surface area contributed by atoms with Gasteiger partial charge >= 0.3 is 0 Å². The third-order valence-electron chi connectivity index (χ3n) is 10.9. The molecule has 0 fully saturated rings. The Morgan fingerprint density at radius 1 is 0.231 bits per heavy atom. The van der Waals surface area contributed by atoms with Crippen molar-refractivity contribution in [3.8, 4) is 33.6 Å². The van der Waals surface area contributed by atoms with Gasteiger partial charge in [-0.25, -0.2) is 0 Å². The third-order valence-corrected chi connectivity index (χ3v) is 10.9. The maximum absolute atomic E-state index is 2.42. The first kappa shape index (κ1) is 28.9. The Balaban J connectivity index is 1.03. The smallest absolute Gasteiger partial charge is 0.0547 e. The SMILES string of the molecule is c1ccc(-n2c3ccccc3c3cc(-c4ccc5c6ccccc6n(-c6ccc(-c7ccc8c(ccc9ccccc98)c7)cc6)c5c4)ccc32)cc1. The fourth-order valence-electron chi connectivity index (χ4n) is 8.43. The Hall–Kier alpha value is -6.90. The number of hydrogen-bond donors (Lipinski definition) is 0. The lowest BCUT2D eigenvalue weighted by molar-refractivity contribution is 1.18. The first-order valence-electron chi connectivity index (χ1n) is 17.9. The lowest BCUT2D eigenvalue weighted by atomic mass is 9.97. The van der Waals surface area contributed by atoms with Crippen LogP contribution in [0, 0.1) is 0 Å². The number of aromatic nitrogens is 2. The summed E-state index contributed by atoms with van der Waals surface area (Å²) in [5.41, 5.74) is 12.0. The molecule has 2 heteroatoms. The Labute approximate surface area is 301 Å². The van der Waals surface area contributed by atoms with Gasteiger partial charge in [-0.3, -0.25) is 0 Å². The van der Waals surface area contributed by atoms with Crippen LogP contribution in [-0.4, -0.2) is 9.13 Å². The second-order valence-corrected chi connectivity index (χ2v) is 13.8. The van der Waals surface area contributed by atoms with Gasteiger partial charge in [-0.1, -0.05) is 133 Å². The first-order chi connectivity index (χ1) is 25.8. The average Bonchev–Trinajstić information content (AvgIpc) is 3.73. The van der Waals surface area contributed by atoms with Gasteiger partial charge in [0.25, 0.3) is 0 Å². The summed E-state index contributed by atoms with van der Waals surface area (Å²) < 4.78 is 4.79. The molecule has 0 bridgehead atoms. The third kappa shape index (κ3) is 4.38. The first-order valence-corrected chi connectivity index (χ1v) is 17.9. The number of rotatable bonds is 4. The van der Waals surface area contributed by atoms with E-state index in [-0.39, 0.29) is 0 Å². The molecule has 242 valence electrons. The Kier molecular flexibility index (Phi) is 6.28. The number of fused-ring (bicyclic) bond motifs is 9. The summed E-state index contributed by atoms with van der Waals surface area (Å²) in [5.74, 6) is 0. The second-order valence-electron chi connectivity index (χ2n) is 13.8. The van der Waals surface area contributed by atoms with Gasteiger partial charge in [-0.15, -0.1) is 0 Å². The molecule has 0 N–H and O–H groups in total. The molecular weight excluding hydrogens is 629 g/mol. The van der Waals surface area contributed by atoms with E-state index in [2.05, 4.69) is 203 Å². The second kappa shape index (κ2) is 11.3. The summed E-state index contributed by atoms with van der Waals surface area (Å²) in [6.07, 6.45) is 0. The van der Waals surface area contributed by atoms with Crippen molar-refractivity contribution in [2.45, 2.75) is 0 Å². The van der Waals surface area contributed by atoms with Gasteiger partial charge in [0, 0.05) is 32.9 Å². The van der Waals surface area contributed by atoms with Crippen LogP contribution in [0.3, 0.4) is 0 Å². The van der Waals surface area contributed by atoms with Crippen LogP contribution in [0.5, 0.6) is 0 Å². The Bertz CT molecular complexity index is 3160. The molecule has 11 rings (SSSR count). The van der Waals surface area contributed by atoms with Crippen molar-refractivity contribution < 1.29 is 0 Å². The lowest BCUT2D eigenvalue weighted by Crippen LogP contribution is -1.94. The predicted molar refractivity (Wildman–Crippen MR) is 221 cm³/mol. The van der Waals surface area contributed by atoms with Crippen LogP contribution in [0.15, 0.2) is 194 Å². The van der Waals surface area contributed by atoms with Crippen LogP contribution in [0.4, 0.5) is 0 Å². The van der Waals surface area contributed by atoms with Crippen LogP contribution in [0.1, 0.15) is 0 Å².